The Labute approximate surface area is 190 Å². The van der Waals surface area contributed by atoms with E-state index in [9.17, 15) is 9.18 Å². The van der Waals surface area contributed by atoms with Crippen LogP contribution in [0.1, 0.15) is 43.8 Å². The van der Waals surface area contributed by atoms with E-state index in [0.717, 1.165) is 21.8 Å². The van der Waals surface area contributed by atoms with E-state index in [0.29, 0.717) is 22.1 Å². The topological polar surface area (TPSA) is 66.9 Å². The first kappa shape index (κ1) is 21.6. The van der Waals surface area contributed by atoms with Crippen molar-refractivity contribution < 1.29 is 9.18 Å². The van der Waals surface area contributed by atoms with Gasteiger partial charge in [0.15, 0.2) is 0 Å². The molecule has 5 nitrogen and oxygen atoms in total. The van der Waals surface area contributed by atoms with Crippen molar-refractivity contribution in [2.75, 3.05) is 10.6 Å². The SMILES string of the molecule is Cc1cc(C)nc(NC(c2ccccc2F)c2cc(C)sc2NC(=O)c2ccccc2)n1. The Kier molecular flexibility index (Phi) is 6.28. The molecule has 4 aromatic rings. The van der Waals surface area contributed by atoms with Gasteiger partial charge >= 0.3 is 0 Å². The molecule has 32 heavy (non-hydrogen) atoms. The molecule has 0 saturated carbocycles. The molecule has 1 amide bonds. The van der Waals surface area contributed by atoms with Gasteiger partial charge in [-0.1, -0.05) is 36.4 Å². The zero-order valence-electron chi connectivity index (χ0n) is 18.0. The van der Waals surface area contributed by atoms with E-state index in [4.69, 9.17) is 0 Å². The van der Waals surface area contributed by atoms with Crippen LogP contribution in [0.3, 0.4) is 0 Å². The summed E-state index contributed by atoms with van der Waals surface area (Å²) in [6.45, 7) is 5.73. The van der Waals surface area contributed by atoms with Gasteiger partial charge in [-0.2, -0.15) is 0 Å². The van der Waals surface area contributed by atoms with Crippen molar-refractivity contribution in [3.63, 3.8) is 0 Å². The van der Waals surface area contributed by atoms with Crippen LogP contribution in [0.25, 0.3) is 0 Å². The van der Waals surface area contributed by atoms with Gasteiger partial charge in [0, 0.05) is 33.0 Å². The zero-order chi connectivity index (χ0) is 22.7. The van der Waals surface area contributed by atoms with Crippen molar-refractivity contribution in [2.45, 2.75) is 26.8 Å². The zero-order valence-corrected chi connectivity index (χ0v) is 18.8. The van der Waals surface area contributed by atoms with Crippen LogP contribution in [0.15, 0.2) is 66.7 Å². The molecule has 0 aliphatic rings. The minimum absolute atomic E-state index is 0.219. The Balaban J connectivity index is 1.76. The fraction of sp³-hybridized carbons (Fsp3) is 0.160. The van der Waals surface area contributed by atoms with Gasteiger partial charge in [0.05, 0.1) is 6.04 Å². The van der Waals surface area contributed by atoms with Crippen LogP contribution in [0, 0.1) is 26.6 Å². The van der Waals surface area contributed by atoms with E-state index in [1.807, 2.05) is 51.1 Å². The van der Waals surface area contributed by atoms with Gasteiger partial charge in [-0.3, -0.25) is 4.79 Å². The first-order valence-electron chi connectivity index (χ1n) is 10.2. The van der Waals surface area contributed by atoms with Gasteiger partial charge in [-0.05, 0) is 51.1 Å². The molecule has 0 bridgehead atoms. The maximum Gasteiger partial charge on any atom is 0.256 e. The van der Waals surface area contributed by atoms with Crippen LogP contribution in [0.4, 0.5) is 15.3 Å². The van der Waals surface area contributed by atoms with E-state index in [2.05, 4.69) is 20.6 Å². The summed E-state index contributed by atoms with van der Waals surface area (Å²) in [5.74, 6) is -0.165. The molecular formula is C25H23FN4OS. The molecule has 2 N–H and O–H groups in total. The van der Waals surface area contributed by atoms with E-state index in [1.165, 1.54) is 17.4 Å². The van der Waals surface area contributed by atoms with Gasteiger partial charge in [0.1, 0.15) is 10.8 Å². The molecule has 1 atom stereocenters. The van der Waals surface area contributed by atoms with Crippen LogP contribution in [-0.2, 0) is 0 Å². The summed E-state index contributed by atoms with van der Waals surface area (Å²) in [6, 6.07) is 18.8. The maximum absolute atomic E-state index is 14.9. The molecule has 0 aliphatic carbocycles. The number of anilines is 2. The number of hydrogen-bond donors (Lipinski definition) is 2. The van der Waals surface area contributed by atoms with Crippen molar-refractivity contribution in [1.82, 2.24) is 9.97 Å². The van der Waals surface area contributed by atoms with Crippen molar-refractivity contribution in [3.8, 4) is 0 Å². The van der Waals surface area contributed by atoms with Crippen LogP contribution in [0.5, 0.6) is 0 Å². The molecule has 2 aromatic heterocycles. The largest absolute Gasteiger partial charge is 0.343 e. The molecular weight excluding hydrogens is 423 g/mol. The van der Waals surface area contributed by atoms with E-state index in [1.54, 1.807) is 30.3 Å². The average molecular weight is 447 g/mol. The Morgan fingerprint density at radius 2 is 1.56 bits per heavy atom. The first-order chi connectivity index (χ1) is 15.4. The third kappa shape index (κ3) is 4.84. The molecule has 7 heteroatoms. The predicted octanol–water partition coefficient (Wildman–Crippen LogP) is 6.06. The van der Waals surface area contributed by atoms with Gasteiger partial charge in [-0.15, -0.1) is 11.3 Å². The smallest absolute Gasteiger partial charge is 0.256 e. The fourth-order valence-corrected chi connectivity index (χ4v) is 4.51. The molecule has 162 valence electrons. The number of aryl methyl sites for hydroxylation is 3. The standard InChI is InChI=1S/C25H23FN4OS/c1-15-13-16(2)28-25(27-15)29-22(19-11-7-8-12-21(19)26)20-14-17(3)32-24(20)30-23(31)18-9-5-4-6-10-18/h4-14,22H,1-3H3,(H,30,31)(H,27,28,29). The van der Waals surface area contributed by atoms with E-state index < -0.39 is 6.04 Å². The number of hydrogen-bond acceptors (Lipinski definition) is 5. The second kappa shape index (κ2) is 9.28. The fourth-order valence-electron chi connectivity index (χ4n) is 3.56. The van der Waals surface area contributed by atoms with Crippen LogP contribution in [0.2, 0.25) is 0 Å². The van der Waals surface area contributed by atoms with Crippen LogP contribution in [-0.4, -0.2) is 15.9 Å². The predicted molar refractivity (Wildman–Crippen MR) is 127 cm³/mol. The third-order valence-electron chi connectivity index (χ3n) is 4.93. The molecule has 1 unspecified atom stereocenters. The summed E-state index contributed by atoms with van der Waals surface area (Å²) in [7, 11) is 0. The third-order valence-corrected chi connectivity index (χ3v) is 5.91. The van der Waals surface area contributed by atoms with Gasteiger partial charge in [0.2, 0.25) is 5.95 Å². The second-order valence-electron chi connectivity index (χ2n) is 7.53. The molecule has 0 fully saturated rings. The summed E-state index contributed by atoms with van der Waals surface area (Å²) < 4.78 is 14.9. The number of nitrogens with zero attached hydrogens (tertiary/aromatic N) is 2. The van der Waals surface area contributed by atoms with Gasteiger partial charge < -0.3 is 10.6 Å². The Hall–Kier alpha value is -3.58. The minimum atomic E-state index is -0.589. The number of amides is 1. The second-order valence-corrected chi connectivity index (χ2v) is 8.79. The lowest BCUT2D eigenvalue weighted by Gasteiger charge is -2.21. The molecule has 0 radical (unpaired) electrons. The highest BCUT2D eigenvalue weighted by atomic mass is 32.1. The normalized spacial score (nSPS) is 11.8. The Morgan fingerprint density at radius 1 is 0.906 bits per heavy atom. The number of carbonyl (C=O) groups is 1. The maximum atomic E-state index is 14.9. The lowest BCUT2D eigenvalue weighted by Crippen LogP contribution is -2.19. The Bertz CT molecular complexity index is 1240. The highest BCUT2D eigenvalue weighted by molar-refractivity contribution is 7.16. The number of carbonyl (C=O) groups excluding carboxylic acids is 1. The van der Waals surface area contributed by atoms with Crippen LogP contribution < -0.4 is 10.6 Å². The molecule has 0 aliphatic heterocycles. The highest BCUT2D eigenvalue weighted by Crippen LogP contribution is 2.38. The van der Waals surface area contributed by atoms with Gasteiger partial charge in [-0.25, -0.2) is 14.4 Å². The number of halogens is 1. The molecule has 4 rings (SSSR count). The van der Waals surface area contributed by atoms with Crippen molar-refractivity contribution in [2.24, 2.45) is 0 Å². The number of aromatic nitrogens is 2. The number of nitrogens with one attached hydrogen (secondary N) is 2. The summed E-state index contributed by atoms with van der Waals surface area (Å²) in [5, 5.41) is 6.95. The van der Waals surface area contributed by atoms with Gasteiger partial charge in [0.25, 0.3) is 5.91 Å². The quantitative estimate of drug-likeness (QED) is 0.378. The highest BCUT2D eigenvalue weighted by Gasteiger charge is 2.25. The lowest BCUT2D eigenvalue weighted by molar-refractivity contribution is 0.102. The lowest BCUT2D eigenvalue weighted by atomic mass is 9.99. The van der Waals surface area contributed by atoms with E-state index in [-0.39, 0.29) is 11.7 Å². The summed E-state index contributed by atoms with van der Waals surface area (Å²) >= 11 is 1.45. The number of benzene rings is 2. The number of rotatable bonds is 6. The monoisotopic (exact) mass is 446 g/mol. The van der Waals surface area contributed by atoms with E-state index >= 15 is 0 Å². The molecule has 0 spiro atoms. The minimum Gasteiger partial charge on any atom is -0.343 e. The molecule has 2 heterocycles. The summed E-state index contributed by atoms with van der Waals surface area (Å²) in [6.07, 6.45) is 0. The van der Waals surface area contributed by atoms with Crippen molar-refractivity contribution in [3.05, 3.63) is 106 Å². The number of thiophene rings is 1. The van der Waals surface area contributed by atoms with Crippen molar-refractivity contribution in [1.29, 1.82) is 0 Å². The summed E-state index contributed by atoms with van der Waals surface area (Å²) in [4.78, 5) is 22.8. The first-order valence-corrected chi connectivity index (χ1v) is 11.0. The average Bonchev–Trinajstić information content (AvgIpc) is 3.12. The van der Waals surface area contributed by atoms with Crippen LogP contribution >= 0.6 is 11.3 Å². The Morgan fingerprint density at radius 3 is 2.25 bits per heavy atom. The molecule has 0 saturated heterocycles. The summed E-state index contributed by atoms with van der Waals surface area (Å²) in [5.41, 5.74) is 3.38. The molecule has 2 aromatic carbocycles. The van der Waals surface area contributed by atoms with Crippen molar-refractivity contribution >= 4 is 28.2 Å².